The SMILES string of the molecule is N#CNC1=NC(c2c(F)cc(F)cc2F)c2c(nc(N)c(C#N)c2N)N1. The first kappa shape index (κ1) is 16.9. The number of anilines is 3. The number of pyridine rings is 1. The highest BCUT2D eigenvalue weighted by Crippen LogP contribution is 2.42. The number of nitrogens with two attached hydrogens (primary N) is 2. The number of aliphatic imine (C=N–C) groups is 1. The molecule has 130 valence electrons. The number of guanidine groups is 1. The van der Waals surface area contributed by atoms with Crippen LogP contribution in [0.3, 0.4) is 0 Å². The summed E-state index contributed by atoms with van der Waals surface area (Å²) in [6, 6.07) is 1.30. The average Bonchev–Trinajstić information content (AvgIpc) is 2.54. The van der Waals surface area contributed by atoms with E-state index in [1.54, 1.807) is 12.3 Å². The molecule has 0 bridgehead atoms. The number of nitrogens with one attached hydrogen (secondary N) is 2. The quantitative estimate of drug-likeness (QED) is 0.445. The van der Waals surface area contributed by atoms with E-state index in [0.717, 1.165) is 0 Å². The topological polar surface area (TPSA) is 149 Å². The fourth-order valence-corrected chi connectivity index (χ4v) is 2.60. The standard InChI is InChI=1S/C15H9F3N8/c16-5-1-7(17)9(8(18)2-5)12-10-11(21)6(3-19)13(22)25-14(10)26-15(24-12)23-4-20/h1-2,12H,(H6,21,22,23,24,25,26). The number of halogens is 3. The Bertz CT molecular complexity index is 1010. The monoisotopic (exact) mass is 358 g/mol. The Morgan fingerprint density at radius 3 is 2.35 bits per heavy atom. The van der Waals surface area contributed by atoms with Crippen LogP contribution in [-0.4, -0.2) is 10.9 Å². The second-order valence-corrected chi connectivity index (χ2v) is 5.18. The zero-order chi connectivity index (χ0) is 19.0. The summed E-state index contributed by atoms with van der Waals surface area (Å²) in [4.78, 5) is 7.95. The van der Waals surface area contributed by atoms with Gasteiger partial charge in [-0.25, -0.2) is 23.1 Å². The molecule has 8 nitrogen and oxygen atoms in total. The molecule has 0 aliphatic carbocycles. The molecule has 11 heteroatoms. The number of nitrogens with zero attached hydrogens (tertiary/aromatic N) is 4. The van der Waals surface area contributed by atoms with Gasteiger partial charge >= 0.3 is 0 Å². The number of fused-ring (bicyclic) bond motifs is 1. The van der Waals surface area contributed by atoms with Crippen molar-refractivity contribution in [3.8, 4) is 12.3 Å². The predicted octanol–water partition coefficient (Wildman–Crippen LogP) is 1.48. The molecule has 1 aromatic heterocycles. The summed E-state index contributed by atoms with van der Waals surface area (Å²) < 4.78 is 41.8. The molecule has 0 amide bonds. The van der Waals surface area contributed by atoms with Crippen molar-refractivity contribution < 1.29 is 13.2 Å². The van der Waals surface area contributed by atoms with Gasteiger partial charge < -0.3 is 16.8 Å². The summed E-state index contributed by atoms with van der Waals surface area (Å²) in [6.45, 7) is 0. The smallest absolute Gasteiger partial charge is 0.211 e. The summed E-state index contributed by atoms with van der Waals surface area (Å²) in [5.41, 5.74) is 10.6. The van der Waals surface area contributed by atoms with Crippen LogP contribution < -0.4 is 22.1 Å². The summed E-state index contributed by atoms with van der Waals surface area (Å²) in [6.07, 6.45) is 1.60. The van der Waals surface area contributed by atoms with E-state index in [0.29, 0.717) is 12.1 Å². The molecule has 26 heavy (non-hydrogen) atoms. The lowest BCUT2D eigenvalue weighted by Crippen LogP contribution is -2.33. The van der Waals surface area contributed by atoms with E-state index in [2.05, 4.69) is 20.6 Å². The zero-order valence-electron chi connectivity index (χ0n) is 12.8. The highest BCUT2D eigenvalue weighted by molar-refractivity contribution is 5.98. The molecule has 0 saturated heterocycles. The van der Waals surface area contributed by atoms with Crippen molar-refractivity contribution in [3.63, 3.8) is 0 Å². The number of benzene rings is 1. The second-order valence-electron chi connectivity index (χ2n) is 5.18. The lowest BCUT2D eigenvalue weighted by atomic mass is 9.94. The largest absolute Gasteiger partial charge is 0.397 e. The molecule has 2 heterocycles. The summed E-state index contributed by atoms with van der Waals surface area (Å²) in [7, 11) is 0. The maximum Gasteiger partial charge on any atom is 0.211 e. The first-order valence-electron chi connectivity index (χ1n) is 7.00. The summed E-state index contributed by atoms with van der Waals surface area (Å²) in [5, 5.41) is 22.7. The minimum absolute atomic E-state index is 0.0244. The van der Waals surface area contributed by atoms with Gasteiger partial charge in [-0.3, -0.25) is 5.32 Å². The Morgan fingerprint density at radius 1 is 1.12 bits per heavy atom. The first-order valence-corrected chi connectivity index (χ1v) is 7.00. The maximum absolute atomic E-state index is 14.3. The van der Waals surface area contributed by atoms with E-state index in [9.17, 15) is 18.4 Å². The normalized spacial score (nSPS) is 15.1. The van der Waals surface area contributed by atoms with Crippen molar-refractivity contribution in [2.45, 2.75) is 6.04 Å². The first-order chi connectivity index (χ1) is 12.4. The Kier molecular flexibility index (Phi) is 3.98. The minimum Gasteiger partial charge on any atom is -0.397 e. The van der Waals surface area contributed by atoms with Crippen LogP contribution in [0, 0.1) is 40.2 Å². The highest BCUT2D eigenvalue weighted by Gasteiger charge is 2.33. The number of nitrogen functional groups attached to an aromatic ring is 2. The van der Waals surface area contributed by atoms with Crippen LogP contribution in [0.5, 0.6) is 0 Å². The molecule has 0 radical (unpaired) electrons. The van der Waals surface area contributed by atoms with Gasteiger partial charge in [0, 0.05) is 17.7 Å². The lowest BCUT2D eigenvalue weighted by molar-refractivity contribution is 0.515. The van der Waals surface area contributed by atoms with Gasteiger partial charge in [-0.2, -0.15) is 10.5 Å². The van der Waals surface area contributed by atoms with Gasteiger partial charge in [0.25, 0.3) is 0 Å². The number of rotatable bonds is 1. The van der Waals surface area contributed by atoms with Gasteiger partial charge in [0.2, 0.25) is 5.96 Å². The van der Waals surface area contributed by atoms with Crippen molar-refractivity contribution in [2.75, 3.05) is 16.8 Å². The molecule has 1 atom stereocenters. The molecule has 1 aliphatic rings. The third-order valence-electron chi connectivity index (χ3n) is 3.67. The van der Waals surface area contributed by atoms with Crippen molar-refractivity contribution in [1.82, 2.24) is 10.3 Å². The van der Waals surface area contributed by atoms with Crippen LogP contribution in [0.1, 0.15) is 22.7 Å². The number of hydrogen-bond donors (Lipinski definition) is 4. The van der Waals surface area contributed by atoms with Crippen molar-refractivity contribution in [2.24, 2.45) is 4.99 Å². The fraction of sp³-hybridized carbons (Fsp3) is 0.0667. The van der Waals surface area contributed by atoms with Crippen LogP contribution in [0.25, 0.3) is 0 Å². The molecular weight excluding hydrogens is 349 g/mol. The van der Waals surface area contributed by atoms with Gasteiger partial charge in [0.1, 0.15) is 46.8 Å². The van der Waals surface area contributed by atoms with Crippen molar-refractivity contribution in [3.05, 3.63) is 46.3 Å². The average molecular weight is 358 g/mol. The highest BCUT2D eigenvalue weighted by atomic mass is 19.1. The van der Waals surface area contributed by atoms with E-state index in [4.69, 9.17) is 16.7 Å². The lowest BCUT2D eigenvalue weighted by Gasteiger charge is -2.26. The molecule has 0 spiro atoms. The molecule has 1 aromatic carbocycles. The van der Waals surface area contributed by atoms with E-state index in [1.165, 1.54) is 0 Å². The maximum atomic E-state index is 14.3. The molecule has 3 rings (SSSR count). The van der Waals surface area contributed by atoms with Crippen molar-refractivity contribution >= 4 is 23.3 Å². The number of nitriles is 2. The molecule has 1 aliphatic heterocycles. The number of hydrogen-bond acceptors (Lipinski definition) is 8. The Morgan fingerprint density at radius 2 is 1.77 bits per heavy atom. The van der Waals surface area contributed by atoms with Crippen LogP contribution >= 0.6 is 0 Å². The molecule has 0 fully saturated rings. The van der Waals surface area contributed by atoms with Gasteiger partial charge in [0.15, 0.2) is 6.19 Å². The minimum atomic E-state index is -1.43. The van der Waals surface area contributed by atoms with Crippen LogP contribution in [0.2, 0.25) is 0 Å². The van der Waals surface area contributed by atoms with Gasteiger partial charge in [-0.1, -0.05) is 0 Å². The predicted molar refractivity (Wildman–Crippen MR) is 85.7 cm³/mol. The Balaban J connectivity index is 2.33. The van der Waals surface area contributed by atoms with Gasteiger partial charge in [-0.15, -0.1) is 0 Å². The third kappa shape index (κ3) is 2.57. The van der Waals surface area contributed by atoms with Crippen molar-refractivity contribution in [1.29, 1.82) is 10.5 Å². The summed E-state index contributed by atoms with van der Waals surface area (Å²) >= 11 is 0. The molecule has 1 unspecified atom stereocenters. The Hall–Kier alpha value is -3.99. The summed E-state index contributed by atoms with van der Waals surface area (Å²) in [5.74, 6) is -3.97. The molecule has 6 N–H and O–H groups in total. The van der Waals surface area contributed by atoms with E-state index in [-0.39, 0.29) is 34.4 Å². The van der Waals surface area contributed by atoms with E-state index >= 15 is 0 Å². The zero-order valence-corrected chi connectivity index (χ0v) is 12.8. The van der Waals surface area contributed by atoms with Crippen LogP contribution in [0.15, 0.2) is 17.1 Å². The van der Waals surface area contributed by atoms with E-state index < -0.39 is 29.1 Å². The van der Waals surface area contributed by atoms with E-state index in [1.807, 2.05) is 0 Å². The van der Waals surface area contributed by atoms with Crippen LogP contribution in [0.4, 0.5) is 30.5 Å². The Labute approximate surface area is 144 Å². The third-order valence-corrected chi connectivity index (χ3v) is 3.67. The fourth-order valence-electron chi connectivity index (χ4n) is 2.60. The molecule has 0 saturated carbocycles. The van der Waals surface area contributed by atoms with Gasteiger partial charge in [0.05, 0.1) is 11.3 Å². The van der Waals surface area contributed by atoms with Crippen LogP contribution in [-0.2, 0) is 0 Å². The molecule has 2 aromatic rings. The van der Waals surface area contributed by atoms with Gasteiger partial charge in [-0.05, 0) is 0 Å². The number of aromatic nitrogens is 1. The molecular formula is C15H9F3N8. The second kappa shape index (κ2) is 6.14.